The van der Waals surface area contributed by atoms with Gasteiger partial charge in [0.25, 0.3) is 0 Å². The Labute approximate surface area is 96.3 Å². The van der Waals surface area contributed by atoms with E-state index in [1.165, 1.54) is 0 Å². The molecule has 0 saturated carbocycles. The van der Waals surface area contributed by atoms with Crippen LogP contribution in [0.3, 0.4) is 0 Å². The molecule has 88 valence electrons. The molecule has 0 bridgehead atoms. The van der Waals surface area contributed by atoms with E-state index in [9.17, 15) is 9.90 Å². The van der Waals surface area contributed by atoms with Gasteiger partial charge >= 0.3 is 5.97 Å². The third kappa shape index (κ3) is 2.75. The molecule has 0 amide bonds. The largest absolute Gasteiger partial charge is 0.481 e. The molecular weight excluding hydrogens is 202 g/mol. The van der Waals surface area contributed by atoms with Crippen molar-refractivity contribution in [3.05, 3.63) is 29.8 Å². The number of carboxylic acid groups (broad SMARTS) is 1. The van der Waals surface area contributed by atoms with Gasteiger partial charge < -0.3 is 10.8 Å². The number of carbonyl (C=O) groups is 1. The van der Waals surface area contributed by atoms with Crippen molar-refractivity contribution in [1.82, 2.24) is 0 Å². The second-order valence-electron chi connectivity index (χ2n) is 4.06. The van der Waals surface area contributed by atoms with Gasteiger partial charge in [-0.25, -0.2) is 0 Å². The molecule has 0 saturated heterocycles. The molecule has 3 N–H and O–H groups in total. The first-order chi connectivity index (χ1) is 7.60. The predicted octanol–water partition coefficient (Wildman–Crippen LogP) is 2.87. The first-order valence-electron chi connectivity index (χ1n) is 5.68. The number of hydrogen-bond acceptors (Lipinski definition) is 2. The lowest BCUT2D eigenvalue weighted by atomic mass is 9.82. The molecule has 0 spiro atoms. The third-order valence-corrected chi connectivity index (χ3v) is 3.06. The Kier molecular flexibility index (Phi) is 4.35. The summed E-state index contributed by atoms with van der Waals surface area (Å²) in [5, 5.41) is 9.31. The molecule has 0 fully saturated rings. The Hall–Kier alpha value is -1.51. The van der Waals surface area contributed by atoms with Crippen molar-refractivity contribution in [2.45, 2.75) is 32.6 Å². The molecule has 0 aliphatic heterocycles. The van der Waals surface area contributed by atoms with Gasteiger partial charge in [0.1, 0.15) is 0 Å². The second-order valence-corrected chi connectivity index (χ2v) is 4.06. The van der Waals surface area contributed by atoms with Crippen molar-refractivity contribution < 1.29 is 9.90 Å². The topological polar surface area (TPSA) is 63.3 Å². The van der Waals surface area contributed by atoms with E-state index in [0.717, 1.165) is 18.4 Å². The van der Waals surface area contributed by atoms with Crippen LogP contribution in [0, 0.1) is 5.92 Å². The summed E-state index contributed by atoms with van der Waals surface area (Å²) >= 11 is 0. The molecule has 1 rings (SSSR count). The molecule has 1 aromatic carbocycles. The Balaban J connectivity index is 3.06. The van der Waals surface area contributed by atoms with Crippen LogP contribution in [-0.4, -0.2) is 11.1 Å². The summed E-state index contributed by atoms with van der Waals surface area (Å²) in [7, 11) is 0. The summed E-state index contributed by atoms with van der Waals surface area (Å²) in [5.74, 6) is -1.04. The maximum atomic E-state index is 11.3. The van der Waals surface area contributed by atoms with Crippen LogP contribution in [0.15, 0.2) is 24.3 Å². The van der Waals surface area contributed by atoms with Crippen LogP contribution in [0.1, 0.15) is 38.2 Å². The Morgan fingerprint density at radius 3 is 2.44 bits per heavy atom. The van der Waals surface area contributed by atoms with Crippen LogP contribution in [0.5, 0.6) is 0 Å². The quantitative estimate of drug-likeness (QED) is 0.751. The van der Waals surface area contributed by atoms with Crippen molar-refractivity contribution in [3.63, 3.8) is 0 Å². The highest BCUT2D eigenvalue weighted by Crippen LogP contribution is 2.30. The van der Waals surface area contributed by atoms with E-state index in [1.54, 1.807) is 12.1 Å². The molecule has 1 atom stereocenters. The summed E-state index contributed by atoms with van der Waals surface area (Å²) < 4.78 is 0. The predicted molar refractivity (Wildman–Crippen MR) is 65.3 cm³/mol. The van der Waals surface area contributed by atoms with Gasteiger partial charge in [0.05, 0.1) is 5.92 Å². The summed E-state index contributed by atoms with van der Waals surface area (Å²) in [6.07, 6.45) is 1.73. The van der Waals surface area contributed by atoms with Crippen molar-refractivity contribution in [2.24, 2.45) is 5.92 Å². The maximum Gasteiger partial charge on any atom is 0.311 e. The SMILES string of the molecule is CCC(CC)C(C(=O)O)c1cccc(N)c1. The van der Waals surface area contributed by atoms with E-state index in [1.807, 2.05) is 26.0 Å². The van der Waals surface area contributed by atoms with E-state index < -0.39 is 11.9 Å². The van der Waals surface area contributed by atoms with Crippen LogP contribution in [-0.2, 0) is 4.79 Å². The zero-order chi connectivity index (χ0) is 12.1. The van der Waals surface area contributed by atoms with E-state index in [0.29, 0.717) is 5.69 Å². The zero-order valence-corrected chi connectivity index (χ0v) is 9.81. The Morgan fingerprint density at radius 2 is 2.00 bits per heavy atom. The van der Waals surface area contributed by atoms with E-state index >= 15 is 0 Å². The van der Waals surface area contributed by atoms with Crippen molar-refractivity contribution >= 4 is 11.7 Å². The molecule has 16 heavy (non-hydrogen) atoms. The minimum absolute atomic E-state index is 0.166. The lowest BCUT2D eigenvalue weighted by molar-refractivity contribution is -0.140. The van der Waals surface area contributed by atoms with E-state index in [2.05, 4.69) is 0 Å². The van der Waals surface area contributed by atoms with Gasteiger partial charge in [-0.15, -0.1) is 0 Å². The number of carboxylic acids is 1. The van der Waals surface area contributed by atoms with Crippen molar-refractivity contribution in [2.75, 3.05) is 5.73 Å². The van der Waals surface area contributed by atoms with Crippen molar-refractivity contribution in [1.29, 1.82) is 0 Å². The number of rotatable bonds is 5. The molecule has 3 nitrogen and oxygen atoms in total. The van der Waals surface area contributed by atoms with Crippen LogP contribution in [0.4, 0.5) is 5.69 Å². The maximum absolute atomic E-state index is 11.3. The Bertz CT molecular complexity index is 359. The van der Waals surface area contributed by atoms with Gasteiger partial charge in [-0.2, -0.15) is 0 Å². The molecule has 1 unspecified atom stereocenters. The fraction of sp³-hybridized carbons (Fsp3) is 0.462. The number of hydrogen-bond donors (Lipinski definition) is 2. The highest BCUT2D eigenvalue weighted by molar-refractivity contribution is 5.77. The smallest absolute Gasteiger partial charge is 0.311 e. The standard InChI is InChI=1S/C13H19NO2/c1-3-9(4-2)12(13(15)16)10-6-5-7-11(14)8-10/h5-9,12H,3-4,14H2,1-2H3,(H,15,16). The minimum Gasteiger partial charge on any atom is -0.481 e. The van der Waals surface area contributed by atoms with Crippen LogP contribution >= 0.6 is 0 Å². The summed E-state index contributed by atoms with van der Waals surface area (Å²) in [6.45, 7) is 4.05. The zero-order valence-electron chi connectivity index (χ0n) is 9.81. The lowest BCUT2D eigenvalue weighted by Gasteiger charge is -2.22. The number of benzene rings is 1. The second kappa shape index (κ2) is 5.54. The molecule has 3 heteroatoms. The molecule has 0 aromatic heterocycles. The van der Waals surface area contributed by atoms with Gasteiger partial charge in [-0.1, -0.05) is 38.8 Å². The van der Waals surface area contributed by atoms with Crippen LogP contribution < -0.4 is 5.73 Å². The number of aliphatic carboxylic acids is 1. The van der Waals surface area contributed by atoms with Crippen molar-refractivity contribution in [3.8, 4) is 0 Å². The summed E-state index contributed by atoms with van der Waals surface area (Å²) in [5.41, 5.74) is 7.11. The number of nitrogen functional groups attached to an aromatic ring is 1. The van der Waals surface area contributed by atoms with E-state index in [4.69, 9.17) is 5.73 Å². The average Bonchev–Trinajstić information content (AvgIpc) is 2.24. The van der Waals surface area contributed by atoms with Gasteiger partial charge in [-0.3, -0.25) is 4.79 Å². The molecule has 1 aromatic rings. The molecule has 0 aliphatic rings. The average molecular weight is 221 g/mol. The Morgan fingerprint density at radius 1 is 1.38 bits per heavy atom. The third-order valence-electron chi connectivity index (χ3n) is 3.06. The molecular formula is C13H19NO2. The normalized spacial score (nSPS) is 12.7. The first-order valence-corrected chi connectivity index (χ1v) is 5.68. The first kappa shape index (κ1) is 12.6. The van der Waals surface area contributed by atoms with E-state index in [-0.39, 0.29) is 5.92 Å². The number of nitrogens with two attached hydrogens (primary N) is 1. The minimum atomic E-state index is -0.765. The fourth-order valence-electron chi connectivity index (χ4n) is 2.13. The monoisotopic (exact) mass is 221 g/mol. The summed E-state index contributed by atoms with van der Waals surface area (Å²) in [6, 6.07) is 7.18. The highest BCUT2D eigenvalue weighted by Gasteiger charge is 2.27. The molecule has 0 radical (unpaired) electrons. The van der Waals surface area contributed by atoms with Gasteiger partial charge in [0, 0.05) is 5.69 Å². The lowest BCUT2D eigenvalue weighted by Crippen LogP contribution is -2.20. The highest BCUT2D eigenvalue weighted by atomic mass is 16.4. The van der Waals surface area contributed by atoms with Crippen LogP contribution in [0.2, 0.25) is 0 Å². The van der Waals surface area contributed by atoms with Gasteiger partial charge in [-0.05, 0) is 23.6 Å². The summed E-state index contributed by atoms with van der Waals surface area (Å²) in [4.78, 5) is 11.3. The van der Waals surface area contributed by atoms with Gasteiger partial charge in [0.15, 0.2) is 0 Å². The fourth-order valence-corrected chi connectivity index (χ4v) is 2.13. The molecule has 0 heterocycles. The molecule has 0 aliphatic carbocycles. The van der Waals surface area contributed by atoms with Gasteiger partial charge in [0.2, 0.25) is 0 Å². The number of anilines is 1. The van der Waals surface area contributed by atoms with Crippen LogP contribution in [0.25, 0.3) is 0 Å².